The molecule has 31 heavy (non-hydrogen) atoms. The number of esters is 1. The molecule has 1 aliphatic heterocycles. The fourth-order valence-electron chi connectivity index (χ4n) is 3.37. The Kier molecular flexibility index (Phi) is 5.96. The van der Waals surface area contributed by atoms with Gasteiger partial charge in [-0.25, -0.2) is 13.2 Å². The highest BCUT2D eigenvalue weighted by atomic mass is 32.2. The number of para-hydroxylation sites is 1. The summed E-state index contributed by atoms with van der Waals surface area (Å²) in [5.74, 6) is 0.0956. The highest BCUT2D eigenvalue weighted by Gasteiger charge is 2.30. The Morgan fingerprint density at radius 2 is 1.68 bits per heavy atom. The molecule has 4 rings (SSSR count). The standard InChI is InChI=1S/C20H22N6O4S/c1-2-30-19(27)16-8-10-18(11-9-16)31(28,29)25-14-12-24(13-15-25)20-21-22-23-26(20)17-6-4-3-5-7-17/h3-11H,2,12-15H2,1H3. The highest BCUT2D eigenvalue weighted by molar-refractivity contribution is 7.89. The number of rotatable bonds is 6. The summed E-state index contributed by atoms with van der Waals surface area (Å²) >= 11 is 0. The fourth-order valence-corrected chi connectivity index (χ4v) is 4.79. The van der Waals surface area contributed by atoms with E-state index < -0.39 is 16.0 Å². The van der Waals surface area contributed by atoms with Crippen molar-refractivity contribution < 1.29 is 17.9 Å². The summed E-state index contributed by atoms with van der Waals surface area (Å²) in [5, 5.41) is 12.0. The van der Waals surface area contributed by atoms with Crippen molar-refractivity contribution in [2.75, 3.05) is 37.7 Å². The maximum Gasteiger partial charge on any atom is 0.338 e. The molecule has 0 bridgehead atoms. The smallest absolute Gasteiger partial charge is 0.338 e. The molecule has 0 radical (unpaired) electrons. The van der Waals surface area contributed by atoms with Crippen LogP contribution in [0.25, 0.3) is 5.69 Å². The number of tetrazole rings is 1. The van der Waals surface area contributed by atoms with Crippen LogP contribution in [0.3, 0.4) is 0 Å². The van der Waals surface area contributed by atoms with Gasteiger partial charge >= 0.3 is 5.97 Å². The molecule has 10 nitrogen and oxygen atoms in total. The van der Waals surface area contributed by atoms with E-state index in [0.29, 0.717) is 37.7 Å². The highest BCUT2D eigenvalue weighted by Crippen LogP contribution is 2.21. The van der Waals surface area contributed by atoms with Crippen LogP contribution in [0, 0.1) is 0 Å². The number of aromatic nitrogens is 4. The van der Waals surface area contributed by atoms with E-state index in [1.54, 1.807) is 11.6 Å². The van der Waals surface area contributed by atoms with Crippen LogP contribution in [-0.2, 0) is 14.8 Å². The van der Waals surface area contributed by atoms with E-state index in [4.69, 9.17) is 4.74 Å². The second kappa shape index (κ2) is 8.82. The summed E-state index contributed by atoms with van der Waals surface area (Å²) in [4.78, 5) is 13.9. The molecule has 2 aromatic carbocycles. The van der Waals surface area contributed by atoms with Gasteiger partial charge in [0, 0.05) is 26.2 Å². The first-order chi connectivity index (χ1) is 15.0. The van der Waals surface area contributed by atoms with Crippen LogP contribution in [0.2, 0.25) is 0 Å². The van der Waals surface area contributed by atoms with Crippen molar-refractivity contribution in [2.24, 2.45) is 0 Å². The van der Waals surface area contributed by atoms with Crippen molar-refractivity contribution in [2.45, 2.75) is 11.8 Å². The predicted molar refractivity (Wildman–Crippen MR) is 113 cm³/mol. The van der Waals surface area contributed by atoms with Gasteiger partial charge in [-0.1, -0.05) is 23.3 Å². The lowest BCUT2D eigenvalue weighted by atomic mass is 10.2. The van der Waals surface area contributed by atoms with Gasteiger partial charge in [-0.3, -0.25) is 0 Å². The number of hydrogen-bond acceptors (Lipinski definition) is 8. The Bertz CT molecular complexity index is 1140. The van der Waals surface area contributed by atoms with Crippen molar-refractivity contribution in [1.82, 2.24) is 24.5 Å². The molecule has 0 aliphatic carbocycles. The van der Waals surface area contributed by atoms with Gasteiger partial charge in [0.1, 0.15) is 0 Å². The van der Waals surface area contributed by atoms with Crippen LogP contribution in [0.4, 0.5) is 5.95 Å². The van der Waals surface area contributed by atoms with Gasteiger partial charge in [0.15, 0.2) is 0 Å². The summed E-state index contributed by atoms with van der Waals surface area (Å²) in [5.41, 5.74) is 1.15. The third kappa shape index (κ3) is 4.28. The first kappa shape index (κ1) is 20.9. The molecule has 0 N–H and O–H groups in total. The molecule has 1 fully saturated rings. The third-order valence-electron chi connectivity index (χ3n) is 4.98. The minimum atomic E-state index is -3.68. The Balaban J connectivity index is 1.45. The molecular weight excluding hydrogens is 420 g/mol. The zero-order valence-electron chi connectivity index (χ0n) is 17.0. The molecule has 2 heterocycles. The Morgan fingerprint density at radius 3 is 2.32 bits per heavy atom. The van der Waals surface area contributed by atoms with Crippen LogP contribution >= 0.6 is 0 Å². The molecule has 0 unspecified atom stereocenters. The normalized spacial score (nSPS) is 15.1. The minimum absolute atomic E-state index is 0.142. The van der Waals surface area contributed by atoms with Crippen molar-refractivity contribution in [1.29, 1.82) is 0 Å². The Labute approximate surface area is 180 Å². The van der Waals surface area contributed by atoms with Crippen LogP contribution in [0.15, 0.2) is 59.5 Å². The molecule has 0 amide bonds. The first-order valence-corrected chi connectivity index (χ1v) is 11.3. The molecule has 3 aromatic rings. The number of ether oxygens (including phenoxy) is 1. The maximum absolute atomic E-state index is 13.0. The summed E-state index contributed by atoms with van der Waals surface area (Å²) < 4.78 is 34.0. The van der Waals surface area contributed by atoms with E-state index in [2.05, 4.69) is 15.5 Å². The van der Waals surface area contributed by atoms with Gasteiger partial charge in [-0.2, -0.15) is 8.99 Å². The van der Waals surface area contributed by atoms with Crippen molar-refractivity contribution in [3.63, 3.8) is 0 Å². The first-order valence-electron chi connectivity index (χ1n) is 9.87. The van der Waals surface area contributed by atoms with E-state index in [-0.39, 0.29) is 11.5 Å². The molecular formula is C20H22N6O4S. The SMILES string of the molecule is CCOC(=O)c1ccc(S(=O)(=O)N2CCN(c3nnnn3-c3ccccc3)CC2)cc1. The lowest BCUT2D eigenvalue weighted by molar-refractivity contribution is 0.0526. The quantitative estimate of drug-likeness (QED) is 0.526. The monoisotopic (exact) mass is 442 g/mol. The van der Waals surface area contributed by atoms with Crippen molar-refractivity contribution in [3.8, 4) is 5.69 Å². The molecule has 0 spiro atoms. The van der Waals surface area contributed by atoms with Gasteiger partial charge in [0.25, 0.3) is 0 Å². The zero-order valence-corrected chi connectivity index (χ0v) is 17.8. The number of hydrogen-bond donors (Lipinski definition) is 0. The fraction of sp³-hybridized carbons (Fsp3) is 0.300. The zero-order chi connectivity index (χ0) is 21.8. The van der Waals surface area contributed by atoms with E-state index >= 15 is 0 Å². The number of sulfonamides is 1. The number of benzene rings is 2. The van der Waals surface area contributed by atoms with Gasteiger partial charge in [0.2, 0.25) is 16.0 Å². The molecule has 1 saturated heterocycles. The molecule has 0 saturated carbocycles. The van der Waals surface area contributed by atoms with Gasteiger partial charge in [-0.05, 0) is 53.7 Å². The van der Waals surface area contributed by atoms with Gasteiger partial charge < -0.3 is 9.64 Å². The van der Waals surface area contributed by atoms with Crippen LogP contribution in [0.5, 0.6) is 0 Å². The summed E-state index contributed by atoms with van der Waals surface area (Å²) in [6.45, 7) is 3.47. The average Bonchev–Trinajstić information content (AvgIpc) is 3.30. The van der Waals surface area contributed by atoms with Gasteiger partial charge in [0.05, 0.1) is 22.8 Å². The van der Waals surface area contributed by atoms with E-state index in [1.807, 2.05) is 35.2 Å². The number of piperazine rings is 1. The topological polar surface area (TPSA) is 111 Å². The molecule has 1 aromatic heterocycles. The maximum atomic E-state index is 13.0. The molecule has 162 valence electrons. The van der Waals surface area contributed by atoms with Crippen LogP contribution in [-0.4, -0.2) is 71.7 Å². The van der Waals surface area contributed by atoms with Crippen LogP contribution < -0.4 is 4.90 Å². The molecule has 0 atom stereocenters. The lowest BCUT2D eigenvalue weighted by Gasteiger charge is -2.34. The van der Waals surface area contributed by atoms with E-state index in [9.17, 15) is 13.2 Å². The number of anilines is 1. The lowest BCUT2D eigenvalue weighted by Crippen LogP contribution is -2.49. The largest absolute Gasteiger partial charge is 0.462 e. The van der Waals surface area contributed by atoms with Crippen molar-refractivity contribution >= 4 is 21.9 Å². The van der Waals surface area contributed by atoms with Gasteiger partial charge in [-0.15, -0.1) is 0 Å². The number of nitrogens with zero attached hydrogens (tertiary/aromatic N) is 6. The van der Waals surface area contributed by atoms with Crippen molar-refractivity contribution in [3.05, 3.63) is 60.2 Å². The van der Waals surface area contributed by atoms with E-state index in [1.165, 1.54) is 28.6 Å². The summed E-state index contributed by atoms with van der Waals surface area (Å²) in [6.07, 6.45) is 0. The second-order valence-electron chi connectivity index (χ2n) is 6.86. The second-order valence-corrected chi connectivity index (χ2v) is 8.80. The van der Waals surface area contributed by atoms with E-state index in [0.717, 1.165) is 5.69 Å². The predicted octanol–water partition coefficient (Wildman–Crippen LogP) is 1.35. The summed E-state index contributed by atoms with van der Waals surface area (Å²) in [6, 6.07) is 15.3. The Morgan fingerprint density at radius 1 is 1.00 bits per heavy atom. The van der Waals surface area contributed by atoms with Crippen LogP contribution in [0.1, 0.15) is 17.3 Å². The number of carbonyl (C=O) groups excluding carboxylic acids is 1. The Hall–Kier alpha value is -3.31. The molecule has 1 aliphatic rings. The number of carbonyl (C=O) groups is 1. The summed E-state index contributed by atoms with van der Waals surface area (Å²) in [7, 11) is -3.68. The minimum Gasteiger partial charge on any atom is -0.462 e. The average molecular weight is 443 g/mol. The third-order valence-corrected chi connectivity index (χ3v) is 6.89. The molecule has 11 heteroatoms.